The molecular weight excluding hydrogens is 400 g/mol. The Bertz CT molecular complexity index is 881. The van der Waals surface area contributed by atoms with Crippen LogP contribution in [0.3, 0.4) is 0 Å². The molecule has 2 rings (SSSR count). The lowest BCUT2D eigenvalue weighted by Gasteiger charge is -2.12. The number of hydrogen-bond acceptors (Lipinski definition) is 3. The summed E-state index contributed by atoms with van der Waals surface area (Å²) in [7, 11) is 1.37. The molecule has 0 spiro atoms. The van der Waals surface area contributed by atoms with E-state index in [1.165, 1.54) is 58.5 Å². The number of unbranched alkanes of at least 4 members (excludes halogenated alkanes) is 8. The second-order valence-corrected chi connectivity index (χ2v) is 8.55. The lowest BCUT2D eigenvalue weighted by atomic mass is 9.98. The average Bonchev–Trinajstić information content (AvgIpc) is 3.09. The highest BCUT2D eigenvalue weighted by Gasteiger charge is 2.24. The molecule has 1 aromatic heterocycles. The highest BCUT2D eigenvalue weighted by atomic mass is 16.5. The summed E-state index contributed by atoms with van der Waals surface area (Å²) < 4.78 is 7.06. The minimum atomic E-state index is -0.407. The van der Waals surface area contributed by atoms with Gasteiger partial charge in [-0.15, -0.1) is 0 Å². The summed E-state index contributed by atoms with van der Waals surface area (Å²) >= 11 is 0. The molecule has 0 saturated heterocycles. The Labute approximate surface area is 193 Å². The van der Waals surface area contributed by atoms with E-state index in [1.54, 1.807) is 12.1 Å². The van der Waals surface area contributed by atoms with Gasteiger partial charge in [0.25, 0.3) is 5.91 Å². The molecule has 1 aromatic carbocycles. The van der Waals surface area contributed by atoms with E-state index < -0.39 is 5.91 Å². The summed E-state index contributed by atoms with van der Waals surface area (Å²) in [6.07, 6.45) is 12.4. The molecule has 2 N–H and O–H groups in total. The first-order chi connectivity index (χ1) is 15.5. The summed E-state index contributed by atoms with van der Waals surface area (Å²) in [4.78, 5) is 24.2. The maximum absolute atomic E-state index is 12.4. The van der Waals surface area contributed by atoms with E-state index in [1.807, 2.05) is 19.1 Å². The van der Waals surface area contributed by atoms with E-state index in [2.05, 4.69) is 18.4 Å². The normalized spacial score (nSPS) is 11.0. The van der Waals surface area contributed by atoms with E-state index in [4.69, 9.17) is 10.5 Å². The highest BCUT2D eigenvalue weighted by Crippen LogP contribution is 2.34. The number of ether oxygens (including phenoxy) is 1. The lowest BCUT2D eigenvalue weighted by Crippen LogP contribution is -2.13. The Kier molecular flexibility index (Phi) is 10.5. The van der Waals surface area contributed by atoms with Crippen molar-refractivity contribution in [2.45, 2.75) is 91.5 Å². The molecule has 1 heterocycles. The first kappa shape index (κ1) is 25.7. The van der Waals surface area contributed by atoms with Crippen LogP contribution in [0.15, 0.2) is 24.3 Å². The maximum atomic E-state index is 12.4. The fraction of sp³-hybridized carbons (Fsp3) is 0.556. The molecule has 0 aliphatic carbocycles. The number of rotatable bonds is 14. The average molecular weight is 441 g/mol. The third-order valence-electron chi connectivity index (χ3n) is 6.29. The van der Waals surface area contributed by atoms with E-state index in [-0.39, 0.29) is 5.97 Å². The van der Waals surface area contributed by atoms with Crippen LogP contribution in [-0.2, 0) is 17.7 Å². The van der Waals surface area contributed by atoms with Crippen molar-refractivity contribution in [1.82, 2.24) is 4.57 Å². The van der Waals surface area contributed by atoms with Crippen LogP contribution < -0.4 is 5.73 Å². The van der Waals surface area contributed by atoms with Crippen molar-refractivity contribution in [1.29, 1.82) is 0 Å². The smallest absolute Gasteiger partial charge is 0.337 e. The Morgan fingerprint density at radius 3 is 1.97 bits per heavy atom. The molecule has 0 saturated carbocycles. The predicted molar refractivity (Wildman–Crippen MR) is 131 cm³/mol. The largest absolute Gasteiger partial charge is 0.465 e. The van der Waals surface area contributed by atoms with Gasteiger partial charge < -0.3 is 15.0 Å². The lowest BCUT2D eigenvalue weighted by molar-refractivity contribution is 0.0600. The summed E-state index contributed by atoms with van der Waals surface area (Å²) in [6.45, 7) is 7.24. The second kappa shape index (κ2) is 13.1. The molecule has 0 unspecified atom stereocenters. The van der Waals surface area contributed by atoms with E-state index in [9.17, 15) is 9.59 Å². The number of benzene rings is 1. The van der Waals surface area contributed by atoms with Crippen molar-refractivity contribution in [3.05, 3.63) is 46.8 Å². The monoisotopic (exact) mass is 440 g/mol. The molecule has 5 nitrogen and oxygen atoms in total. The topological polar surface area (TPSA) is 74.3 Å². The molecular formula is C27H40N2O3. The van der Waals surface area contributed by atoms with Gasteiger partial charge in [-0.1, -0.05) is 77.3 Å². The van der Waals surface area contributed by atoms with Gasteiger partial charge in [-0.05, 0) is 37.5 Å². The molecule has 1 amide bonds. The minimum absolute atomic E-state index is 0.374. The first-order valence-electron chi connectivity index (χ1n) is 12.2. The third-order valence-corrected chi connectivity index (χ3v) is 6.29. The van der Waals surface area contributed by atoms with Crippen LogP contribution in [0.5, 0.6) is 0 Å². The number of methoxy groups -OCH3 is 1. The molecule has 5 heteroatoms. The Morgan fingerprint density at radius 1 is 0.906 bits per heavy atom. The van der Waals surface area contributed by atoms with Crippen molar-refractivity contribution in [3.8, 4) is 11.1 Å². The first-order valence-corrected chi connectivity index (χ1v) is 12.2. The summed E-state index contributed by atoms with van der Waals surface area (Å²) in [6, 6.07) is 7.21. The predicted octanol–water partition coefficient (Wildman–Crippen LogP) is 6.44. The molecule has 176 valence electrons. The van der Waals surface area contributed by atoms with Crippen molar-refractivity contribution in [2.24, 2.45) is 5.73 Å². The number of nitrogens with zero attached hydrogens (tertiary/aromatic N) is 1. The van der Waals surface area contributed by atoms with Crippen LogP contribution in [0.25, 0.3) is 11.1 Å². The molecule has 0 atom stereocenters. The van der Waals surface area contributed by atoms with Crippen LogP contribution in [0.2, 0.25) is 0 Å². The zero-order valence-electron chi connectivity index (χ0n) is 20.3. The SMILES string of the molecule is CCCCCCCCCCCn1c(C)c(C(N)=O)c(-c2ccc(C(=O)OC)cc2)c1CC. The van der Waals surface area contributed by atoms with Gasteiger partial charge in [0.15, 0.2) is 0 Å². The molecule has 0 radical (unpaired) electrons. The van der Waals surface area contributed by atoms with Gasteiger partial charge in [0, 0.05) is 23.5 Å². The fourth-order valence-corrected chi connectivity index (χ4v) is 4.55. The second-order valence-electron chi connectivity index (χ2n) is 8.55. The van der Waals surface area contributed by atoms with E-state index in [0.717, 1.165) is 41.9 Å². The van der Waals surface area contributed by atoms with E-state index in [0.29, 0.717) is 11.1 Å². The van der Waals surface area contributed by atoms with Gasteiger partial charge in [0.2, 0.25) is 0 Å². The molecule has 0 aliphatic heterocycles. The number of aromatic nitrogens is 1. The van der Waals surface area contributed by atoms with Crippen LogP contribution in [0, 0.1) is 6.92 Å². The molecule has 2 aromatic rings. The molecule has 0 bridgehead atoms. The molecule has 32 heavy (non-hydrogen) atoms. The minimum Gasteiger partial charge on any atom is -0.465 e. The summed E-state index contributed by atoms with van der Waals surface area (Å²) in [5.74, 6) is -0.781. The summed E-state index contributed by atoms with van der Waals surface area (Å²) in [5, 5.41) is 0. The zero-order valence-corrected chi connectivity index (χ0v) is 20.3. The fourth-order valence-electron chi connectivity index (χ4n) is 4.55. The summed E-state index contributed by atoms with van der Waals surface area (Å²) in [5.41, 5.74) is 10.7. The van der Waals surface area contributed by atoms with Gasteiger partial charge in [0.1, 0.15) is 0 Å². The number of hydrogen-bond donors (Lipinski definition) is 1. The standard InChI is InChI=1S/C27H40N2O3/c1-5-7-8-9-10-11-12-13-14-19-29-20(3)24(26(28)30)25(23(29)6-2)21-15-17-22(18-16-21)27(31)32-4/h15-18H,5-14,19H2,1-4H3,(H2,28,30). The highest BCUT2D eigenvalue weighted by molar-refractivity contribution is 6.02. The van der Waals surface area contributed by atoms with Gasteiger partial charge in [-0.3, -0.25) is 4.79 Å². The molecule has 0 aliphatic rings. The van der Waals surface area contributed by atoms with Crippen LogP contribution in [-0.4, -0.2) is 23.6 Å². The number of amides is 1. The molecule has 0 fully saturated rings. The van der Waals surface area contributed by atoms with E-state index >= 15 is 0 Å². The van der Waals surface area contributed by atoms with Gasteiger partial charge >= 0.3 is 5.97 Å². The number of carbonyl (C=O) groups excluding carboxylic acids is 2. The van der Waals surface area contributed by atoms with Crippen molar-refractivity contribution in [2.75, 3.05) is 7.11 Å². The van der Waals surface area contributed by atoms with Gasteiger partial charge in [-0.25, -0.2) is 4.79 Å². The number of esters is 1. The Balaban J connectivity index is 2.14. The number of primary amides is 1. The Morgan fingerprint density at radius 2 is 1.47 bits per heavy atom. The quantitative estimate of drug-likeness (QED) is 0.271. The zero-order chi connectivity index (χ0) is 23.5. The van der Waals surface area contributed by atoms with Crippen LogP contribution >= 0.6 is 0 Å². The Hall–Kier alpha value is -2.56. The number of carbonyl (C=O) groups is 2. The van der Waals surface area contributed by atoms with Crippen molar-refractivity contribution < 1.29 is 14.3 Å². The van der Waals surface area contributed by atoms with Crippen molar-refractivity contribution >= 4 is 11.9 Å². The van der Waals surface area contributed by atoms with Crippen molar-refractivity contribution in [3.63, 3.8) is 0 Å². The van der Waals surface area contributed by atoms with Gasteiger partial charge in [-0.2, -0.15) is 0 Å². The third kappa shape index (κ3) is 6.47. The van der Waals surface area contributed by atoms with Crippen LogP contribution in [0.4, 0.5) is 0 Å². The van der Waals surface area contributed by atoms with Crippen LogP contribution in [0.1, 0.15) is 104 Å². The number of nitrogens with two attached hydrogens (primary N) is 1. The maximum Gasteiger partial charge on any atom is 0.337 e. The van der Waals surface area contributed by atoms with Gasteiger partial charge in [0.05, 0.1) is 18.2 Å².